The van der Waals surface area contributed by atoms with Gasteiger partial charge in [-0.1, -0.05) is 48.3 Å². The molecule has 0 aliphatic carbocycles. The fourth-order valence-corrected chi connectivity index (χ4v) is 7.86. The van der Waals surface area contributed by atoms with Crippen LogP contribution in [0.4, 0.5) is 17.1 Å². The molecule has 3 aliphatic heterocycles. The number of fused-ring (bicyclic) bond motifs is 1. The Morgan fingerprint density at radius 3 is 2.09 bits per heavy atom. The van der Waals surface area contributed by atoms with Crippen LogP contribution < -0.4 is 19.4 Å². The van der Waals surface area contributed by atoms with Crippen molar-refractivity contribution >= 4 is 57.6 Å². The summed E-state index contributed by atoms with van der Waals surface area (Å²) in [6.45, 7) is 11.2. The van der Waals surface area contributed by atoms with Gasteiger partial charge in [-0.3, -0.25) is 5.01 Å². The van der Waals surface area contributed by atoms with Gasteiger partial charge >= 0.3 is 0 Å². The number of halogens is 2. The van der Waals surface area contributed by atoms with Crippen molar-refractivity contribution in [3.8, 4) is 5.75 Å². The molecule has 5 aromatic rings. The van der Waals surface area contributed by atoms with Crippen molar-refractivity contribution in [1.29, 1.82) is 0 Å². The molecular weight excluding hydrogens is 711 g/mol. The number of hydrogen-bond acceptors (Lipinski definition) is 10. The van der Waals surface area contributed by atoms with Gasteiger partial charge in [-0.2, -0.15) is 20.1 Å². The van der Waals surface area contributed by atoms with E-state index in [1.807, 2.05) is 48.8 Å². The molecular formula is C40H44Cl2N8O3. The van der Waals surface area contributed by atoms with Crippen LogP contribution in [-0.2, 0) is 21.8 Å². The van der Waals surface area contributed by atoms with E-state index in [0.717, 1.165) is 55.1 Å². The number of aromatic nitrogens is 3. The molecule has 4 heterocycles. The molecule has 4 aromatic carbocycles. The van der Waals surface area contributed by atoms with Gasteiger partial charge in [-0.25, -0.2) is 0 Å². The van der Waals surface area contributed by atoms with Crippen LogP contribution in [0.5, 0.6) is 5.75 Å². The predicted molar refractivity (Wildman–Crippen MR) is 211 cm³/mol. The van der Waals surface area contributed by atoms with Crippen molar-refractivity contribution < 1.29 is 14.2 Å². The molecule has 0 N–H and O–H groups in total. The summed E-state index contributed by atoms with van der Waals surface area (Å²) in [5, 5.41) is 17.1. The number of anilines is 3. The lowest BCUT2D eigenvalue weighted by Crippen LogP contribution is -2.46. The van der Waals surface area contributed by atoms with Gasteiger partial charge in [0.25, 0.3) is 0 Å². The molecule has 2 fully saturated rings. The quantitative estimate of drug-likeness (QED) is 0.135. The van der Waals surface area contributed by atoms with E-state index >= 15 is 0 Å². The second kappa shape index (κ2) is 15.1. The number of hydrogen-bond donors (Lipinski definition) is 0. The molecule has 276 valence electrons. The van der Waals surface area contributed by atoms with E-state index in [0.29, 0.717) is 34.9 Å². The molecule has 0 spiro atoms. The lowest BCUT2D eigenvalue weighted by Gasteiger charge is -2.37. The van der Waals surface area contributed by atoms with E-state index in [1.54, 1.807) is 16.9 Å². The van der Waals surface area contributed by atoms with E-state index in [4.69, 9.17) is 37.4 Å². The third-order valence-corrected chi connectivity index (χ3v) is 11.0. The average Bonchev–Trinajstić information content (AvgIpc) is 3.90. The van der Waals surface area contributed by atoms with Gasteiger partial charge in [0.2, 0.25) is 5.79 Å². The number of rotatable bonds is 11. The van der Waals surface area contributed by atoms with Gasteiger partial charge in [-0.15, -0.1) is 0 Å². The Kier molecular flexibility index (Phi) is 10.1. The van der Waals surface area contributed by atoms with E-state index in [1.165, 1.54) is 11.4 Å². The van der Waals surface area contributed by atoms with Crippen LogP contribution in [0, 0.1) is 0 Å². The summed E-state index contributed by atoms with van der Waals surface area (Å²) in [6, 6.07) is 30.6. The number of hydrazone groups is 1. The summed E-state index contributed by atoms with van der Waals surface area (Å²) in [6.07, 6.45) is 2.88. The first-order chi connectivity index (χ1) is 25.8. The maximum Gasteiger partial charge on any atom is 0.219 e. The van der Waals surface area contributed by atoms with Crippen molar-refractivity contribution in [3.05, 3.63) is 107 Å². The topological polar surface area (TPSA) is 83.7 Å². The average molecular weight is 756 g/mol. The van der Waals surface area contributed by atoms with E-state index in [-0.39, 0.29) is 18.8 Å². The van der Waals surface area contributed by atoms with Crippen LogP contribution in [0.3, 0.4) is 0 Å². The van der Waals surface area contributed by atoms with E-state index in [2.05, 4.69) is 92.2 Å². The van der Waals surface area contributed by atoms with Crippen molar-refractivity contribution in [3.63, 3.8) is 0 Å². The molecule has 53 heavy (non-hydrogen) atoms. The van der Waals surface area contributed by atoms with Gasteiger partial charge in [-0.05, 0) is 93.1 Å². The van der Waals surface area contributed by atoms with Gasteiger partial charge < -0.3 is 28.9 Å². The number of benzene rings is 4. The molecule has 1 aromatic heterocycles. The molecule has 4 atom stereocenters. The Bertz CT molecular complexity index is 2020. The van der Waals surface area contributed by atoms with Gasteiger partial charge in [0.05, 0.1) is 11.6 Å². The van der Waals surface area contributed by atoms with Gasteiger partial charge in [0, 0.05) is 59.9 Å². The fourth-order valence-electron chi connectivity index (χ4n) is 7.30. The highest BCUT2D eigenvalue weighted by Crippen LogP contribution is 2.41. The Hall–Kier alpha value is -4.55. The van der Waals surface area contributed by atoms with Crippen LogP contribution in [0.15, 0.2) is 96.1 Å². The molecule has 2 saturated heterocycles. The summed E-state index contributed by atoms with van der Waals surface area (Å²) in [4.78, 5) is 8.71. The van der Waals surface area contributed by atoms with Crippen LogP contribution >= 0.6 is 23.2 Å². The molecule has 8 rings (SSSR count). The van der Waals surface area contributed by atoms with Gasteiger partial charge in [0.15, 0.2) is 0 Å². The fraction of sp³-hybridized carbons (Fsp3) is 0.375. The Morgan fingerprint density at radius 2 is 1.47 bits per heavy atom. The SMILES string of the molecule is CCC(C)N1N=CN(c2ccc(N3CCN(c4ccc(OCC5COC(Cn6nc7ccccc7n6)(c6ccc(Cl)cc6Cl)O5)cc4)CC3)cc2)C1C. The first kappa shape index (κ1) is 35.5. The maximum absolute atomic E-state index is 6.69. The lowest BCUT2D eigenvalue weighted by molar-refractivity contribution is -0.192. The molecule has 4 unspecified atom stereocenters. The zero-order valence-electron chi connectivity index (χ0n) is 30.2. The molecule has 11 nitrogen and oxygen atoms in total. The van der Waals surface area contributed by atoms with E-state index < -0.39 is 5.79 Å². The predicted octanol–water partition coefficient (Wildman–Crippen LogP) is 7.62. The molecule has 3 aliphatic rings. The van der Waals surface area contributed by atoms with Crippen molar-refractivity contribution in [2.75, 3.05) is 54.1 Å². The van der Waals surface area contributed by atoms with Crippen molar-refractivity contribution in [1.82, 2.24) is 20.0 Å². The monoisotopic (exact) mass is 754 g/mol. The summed E-state index contributed by atoms with van der Waals surface area (Å²) in [5.41, 5.74) is 5.82. The Morgan fingerprint density at radius 1 is 0.849 bits per heavy atom. The summed E-state index contributed by atoms with van der Waals surface area (Å²) >= 11 is 12.9. The lowest BCUT2D eigenvalue weighted by atomic mass is 10.1. The number of nitrogens with zero attached hydrogens (tertiary/aromatic N) is 8. The highest BCUT2D eigenvalue weighted by atomic mass is 35.5. The maximum atomic E-state index is 6.69. The second-order valence-electron chi connectivity index (χ2n) is 13.8. The summed E-state index contributed by atoms with van der Waals surface area (Å²) < 4.78 is 19.2. The third-order valence-electron chi connectivity index (χ3n) is 10.4. The molecule has 0 amide bonds. The van der Waals surface area contributed by atoms with Crippen LogP contribution in [0.2, 0.25) is 10.0 Å². The zero-order valence-corrected chi connectivity index (χ0v) is 31.7. The molecule has 0 saturated carbocycles. The minimum atomic E-state index is -1.21. The highest BCUT2D eigenvalue weighted by molar-refractivity contribution is 6.35. The molecule has 0 bridgehead atoms. The van der Waals surface area contributed by atoms with Crippen molar-refractivity contribution in [2.24, 2.45) is 5.10 Å². The normalized spacial score (nSPS) is 22.3. The van der Waals surface area contributed by atoms with Crippen LogP contribution in [0.25, 0.3) is 11.0 Å². The van der Waals surface area contributed by atoms with Crippen molar-refractivity contribution in [2.45, 2.75) is 57.8 Å². The minimum Gasteiger partial charge on any atom is -0.491 e. The number of ether oxygens (including phenoxy) is 3. The first-order valence-electron chi connectivity index (χ1n) is 18.3. The van der Waals surface area contributed by atoms with Gasteiger partial charge in [0.1, 0.15) is 48.5 Å². The number of piperazine rings is 1. The third kappa shape index (κ3) is 7.35. The van der Waals surface area contributed by atoms with E-state index in [9.17, 15) is 0 Å². The summed E-state index contributed by atoms with van der Waals surface area (Å²) in [5.74, 6) is -0.447. The zero-order chi connectivity index (χ0) is 36.5. The summed E-state index contributed by atoms with van der Waals surface area (Å²) in [7, 11) is 0. The minimum absolute atomic E-state index is 0.206. The largest absolute Gasteiger partial charge is 0.491 e. The molecule has 13 heteroatoms. The Labute approximate surface area is 320 Å². The smallest absolute Gasteiger partial charge is 0.219 e. The first-order valence-corrected chi connectivity index (χ1v) is 19.0. The Balaban J connectivity index is 0.855. The van der Waals surface area contributed by atoms with Crippen LogP contribution in [-0.4, -0.2) is 84.0 Å². The second-order valence-corrected chi connectivity index (χ2v) is 14.7. The standard InChI is InChI=1S/C40H44Cl2N8O3/c1-4-28(2)50-29(3)48(27-43-50)33-12-10-31(11-13-33)46-19-21-47(22-20-46)32-14-16-34(17-15-32)51-24-35-25-52-40(53-35,36-18-9-30(41)23-37(36)42)26-49-44-38-7-5-6-8-39(38)45-49/h5-18,23,27-29,35H,4,19-22,24-26H2,1-3H3. The highest BCUT2D eigenvalue weighted by Gasteiger charge is 2.46. The van der Waals surface area contributed by atoms with Crippen LogP contribution in [0.1, 0.15) is 32.8 Å². The molecule has 0 radical (unpaired) electrons.